The summed E-state index contributed by atoms with van der Waals surface area (Å²) < 4.78 is 6.02. The Kier molecular flexibility index (Phi) is 5.91. The van der Waals surface area contributed by atoms with Gasteiger partial charge in [0.15, 0.2) is 0 Å². The van der Waals surface area contributed by atoms with Crippen molar-refractivity contribution in [1.82, 2.24) is 0 Å². The second-order valence-corrected chi connectivity index (χ2v) is 9.07. The summed E-state index contributed by atoms with van der Waals surface area (Å²) in [5, 5.41) is 0.946. The molecule has 34 heavy (non-hydrogen) atoms. The molecular weight excluding hydrogens is 465 g/mol. The van der Waals surface area contributed by atoms with E-state index in [1.54, 1.807) is 23.1 Å². The molecular formula is C29H21Cl2NO2. The van der Waals surface area contributed by atoms with Gasteiger partial charge in [-0.05, 0) is 79.1 Å². The average molecular weight is 486 g/mol. The van der Waals surface area contributed by atoms with Crippen LogP contribution in [0.2, 0.25) is 10.0 Å². The van der Waals surface area contributed by atoms with E-state index in [1.165, 1.54) is 0 Å². The lowest BCUT2D eigenvalue weighted by atomic mass is 10.1. The molecule has 0 atom stereocenters. The normalized spacial score (nSPS) is 14.7. The van der Waals surface area contributed by atoms with Crippen molar-refractivity contribution in [3.05, 3.63) is 123 Å². The fraction of sp³-hybridized carbons (Fsp3) is 0.0690. The molecule has 168 valence electrons. The molecule has 0 radical (unpaired) electrons. The number of aryl methyl sites for hydroxylation is 2. The minimum absolute atomic E-state index is 0.0972. The summed E-state index contributed by atoms with van der Waals surface area (Å²) >= 11 is 12.2. The number of hydrogen-bond acceptors (Lipinski definition) is 2. The average Bonchev–Trinajstić information content (AvgIpc) is 3.43. The second-order valence-electron chi connectivity index (χ2n) is 8.26. The van der Waals surface area contributed by atoms with Gasteiger partial charge in [0.05, 0.1) is 21.4 Å². The molecule has 0 bridgehead atoms. The summed E-state index contributed by atoms with van der Waals surface area (Å²) in [5.74, 6) is 1.13. The standard InChI is InChI=1S/C29H21Cl2NO2/c1-18-8-9-19(2)26(14-18)32-27(20-6-4-3-5-7-20)17-22(29(32)33)15-23-11-13-28(34-23)21-10-12-24(30)25(31)16-21/h3-17H,1-2H3/b22-15+. The molecule has 3 aromatic carbocycles. The molecule has 5 heteroatoms. The lowest BCUT2D eigenvalue weighted by Gasteiger charge is -2.23. The molecule has 1 amide bonds. The molecule has 0 saturated carbocycles. The highest BCUT2D eigenvalue weighted by Gasteiger charge is 2.31. The number of halogens is 2. The molecule has 0 fully saturated rings. The van der Waals surface area contributed by atoms with E-state index in [4.69, 9.17) is 27.6 Å². The molecule has 1 aromatic heterocycles. The van der Waals surface area contributed by atoms with Crippen molar-refractivity contribution in [3.63, 3.8) is 0 Å². The Balaban J connectivity index is 1.56. The number of anilines is 1. The highest BCUT2D eigenvalue weighted by atomic mass is 35.5. The molecule has 4 aromatic rings. The third-order valence-electron chi connectivity index (χ3n) is 5.79. The molecule has 0 saturated heterocycles. The van der Waals surface area contributed by atoms with Crippen molar-refractivity contribution in [3.8, 4) is 11.3 Å². The van der Waals surface area contributed by atoms with Crippen LogP contribution in [-0.2, 0) is 4.79 Å². The van der Waals surface area contributed by atoms with Crippen LogP contribution in [0.3, 0.4) is 0 Å². The third-order valence-corrected chi connectivity index (χ3v) is 6.53. The number of carbonyl (C=O) groups excluding carboxylic acids is 1. The molecule has 2 heterocycles. The maximum atomic E-state index is 13.6. The molecule has 0 aliphatic carbocycles. The van der Waals surface area contributed by atoms with Gasteiger partial charge in [-0.3, -0.25) is 9.69 Å². The van der Waals surface area contributed by atoms with Gasteiger partial charge in [0.1, 0.15) is 11.5 Å². The van der Waals surface area contributed by atoms with Crippen molar-refractivity contribution in [2.45, 2.75) is 13.8 Å². The molecule has 0 N–H and O–H groups in total. The molecule has 1 aliphatic heterocycles. The van der Waals surface area contributed by atoms with Crippen molar-refractivity contribution < 1.29 is 9.21 Å². The first-order chi connectivity index (χ1) is 16.4. The summed E-state index contributed by atoms with van der Waals surface area (Å²) in [4.78, 5) is 15.4. The summed E-state index contributed by atoms with van der Waals surface area (Å²) in [6, 6.07) is 25.1. The quantitative estimate of drug-likeness (QED) is 0.272. The van der Waals surface area contributed by atoms with Crippen LogP contribution in [0.25, 0.3) is 23.1 Å². The van der Waals surface area contributed by atoms with Crippen molar-refractivity contribution in [2.75, 3.05) is 4.90 Å². The first-order valence-electron chi connectivity index (χ1n) is 10.9. The first kappa shape index (κ1) is 22.3. The largest absolute Gasteiger partial charge is 0.457 e. The van der Waals surface area contributed by atoms with Crippen LogP contribution >= 0.6 is 23.2 Å². The van der Waals surface area contributed by atoms with Gasteiger partial charge in [0, 0.05) is 11.1 Å². The van der Waals surface area contributed by atoms with Crippen molar-refractivity contribution in [2.24, 2.45) is 0 Å². The number of furan rings is 1. The number of rotatable bonds is 4. The van der Waals surface area contributed by atoms with E-state index in [2.05, 4.69) is 6.07 Å². The lowest BCUT2D eigenvalue weighted by molar-refractivity contribution is -0.113. The lowest BCUT2D eigenvalue weighted by Crippen LogP contribution is -2.25. The fourth-order valence-corrected chi connectivity index (χ4v) is 4.32. The van der Waals surface area contributed by atoms with Gasteiger partial charge in [-0.25, -0.2) is 0 Å². The Morgan fingerprint density at radius 3 is 2.38 bits per heavy atom. The van der Waals surface area contributed by atoms with Crippen molar-refractivity contribution >= 4 is 46.6 Å². The summed E-state index contributed by atoms with van der Waals surface area (Å²) in [6.07, 6.45) is 3.69. The number of carbonyl (C=O) groups is 1. The molecule has 3 nitrogen and oxygen atoms in total. The van der Waals surface area contributed by atoms with Gasteiger partial charge < -0.3 is 4.42 Å². The Bertz CT molecular complexity index is 1460. The van der Waals surface area contributed by atoms with Gasteiger partial charge in [-0.15, -0.1) is 0 Å². The second kappa shape index (κ2) is 9.02. The van der Waals surface area contributed by atoms with Gasteiger partial charge in [-0.2, -0.15) is 0 Å². The van der Waals surface area contributed by atoms with Gasteiger partial charge in [0.2, 0.25) is 0 Å². The van der Waals surface area contributed by atoms with E-state index < -0.39 is 0 Å². The van der Waals surface area contributed by atoms with Crippen LogP contribution in [0, 0.1) is 13.8 Å². The summed E-state index contributed by atoms with van der Waals surface area (Å²) in [5.41, 5.74) is 6.17. The van der Waals surface area contributed by atoms with Crippen LogP contribution in [0.1, 0.15) is 22.5 Å². The zero-order valence-corrected chi connectivity index (χ0v) is 20.2. The third kappa shape index (κ3) is 4.21. The number of nitrogens with zero attached hydrogens (tertiary/aromatic N) is 1. The predicted octanol–water partition coefficient (Wildman–Crippen LogP) is 8.34. The number of benzene rings is 3. The SMILES string of the molecule is Cc1ccc(C)c(N2C(=O)/C(=C/c3ccc(-c4ccc(Cl)c(Cl)c4)o3)C=C2c2ccccc2)c1. The molecule has 0 spiro atoms. The minimum atomic E-state index is -0.0972. The Hall–Kier alpha value is -3.53. The smallest absolute Gasteiger partial charge is 0.263 e. The van der Waals surface area contributed by atoms with Crippen LogP contribution in [-0.4, -0.2) is 5.91 Å². The van der Waals surface area contributed by atoms with Crippen LogP contribution in [0.5, 0.6) is 0 Å². The highest BCUT2D eigenvalue weighted by Crippen LogP contribution is 2.38. The zero-order chi connectivity index (χ0) is 23.8. The highest BCUT2D eigenvalue weighted by molar-refractivity contribution is 6.42. The van der Waals surface area contributed by atoms with E-state index in [0.717, 1.165) is 33.6 Å². The van der Waals surface area contributed by atoms with Crippen LogP contribution in [0.15, 0.2) is 94.9 Å². The van der Waals surface area contributed by atoms with E-state index in [0.29, 0.717) is 27.1 Å². The summed E-state index contributed by atoms with van der Waals surface area (Å²) in [7, 11) is 0. The maximum Gasteiger partial charge on any atom is 0.263 e. The maximum absolute atomic E-state index is 13.6. The Labute approximate surface area is 208 Å². The summed E-state index contributed by atoms with van der Waals surface area (Å²) in [6.45, 7) is 4.04. The first-order valence-corrected chi connectivity index (χ1v) is 11.6. The van der Waals surface area contributed by atoms with E-state index in [-0.39, 0.29) is 5.91 Å². The van der Waals surface area contributed by atoms with Crippen molar-refractivity contribution in [1.29, 1.82) is 0 Å². The van der Waals surface area contributed by atoms with Crippen LogP contribution in [0.4, 0.5) is 5.69 Å². The Morgan fingerprint density at radius 2 is 1.62 bits per heavy atom. The van der Waals surface area contributed by atoms with Crippen LogP contribution < -0.4 is 4.90 Å². The molecule has 1 aliphatic rings. The van der Waals surface area contributed by atoms with Gasteiger partial charge >= 0.3 is 0 Å². The predicted molar refractivity (Wildman–Crippen MR) is 140 cm³/mol. The molecule has 0 unspecified atom stereocenters. The van der Waals surface area contributed by atoms with Gasteiger partial charge in [-0.1, -0.05) is 65.7 Å². The van der Waals surface area contributed by atoms with E-state index in [1.807, 2.05) is 80.6 Å². The topological polar surface area (TPSA) is 33.5 Å². The van der Waals surface area contributed by atoms with E-state index >= 15 is 0 Å². The number of hydrogen-bond donors (Lipinski definition) is 0. The minimum Gasteiger partial charge on any atom is -0.457 e. The number of amides is 1. The molecule has 5 rings (SSSR count). The Morgan fingerprint density at radius 1 is 0.824 bits per heavy atom. The fourth-order valence-electron chi connectivity index (χ4n) is 4.02. The van der Waals surface area contributed by atoms with E-state index in [9.17, 15) is 4.79 Å². The van der Waals surface area contributed by atoms with Gasteiger partial charge in [0.25, 0.3) is 5.91 Å². The zero-order valence-electron chi connectivity index (χ0n) is 18.7. The monoisotopic (exact) mass is 485 g/mol.